The quantitative estimate of drug-likeness (QED) is 0.587. The monoisotopic (exact) mass is 164 g/mol. The van der Waals surface area contributed by atoms with Crippen molar-refractivity contribution in [2.75, 3.05) is 6.73 Å². The Labute approximate surface area is 71.8 Å². The Hall–Kier alpha value is -1.25. The summed E-state index contributed by atoms with van der Waals surface area (Å²) in [5, 5.41) is 3.09. The average molecular weight is 164 g/mol. The van der Waals surface area contributed by atoms with Gasteiger partial charge in [-0.05, 0) is 6.08 Å². The van der Waals surface area contributed by atoms with Gasteiger partial charge in [0.1, 0.15) is 0 Å². The summed E-state index contributed by atoms with van der Waals surface area (Å²) >= 11 is 0. The molecule has 0 unspecified atom stereocenters. The lowest BCUT2D eigenvalue weighted by molar-refractivity contribution is 0.230. The first-order valence-electron chi connectivity index (χ1n) is 4.03. The number of nitrogens with one attached hydrogen (secondary N) is 1. The molecule has 0 aromatic heterocycles. The molecule has 0 fully saturated rings. The highest BCUT2D eigenvalue weighted by atomic mass is 16.5. The normalized spacial score (nSPS) is 24.5. The first kappa shape index (κ1) is 7.40. The highest BCUT2D eigenvalue weighted by molar-refractivity contribution is 5.70. The van der Waals surface area contributed by atoms with E-state index in [0.29, 0.717) is 12.6 Å². The van der Waals surface area contributed by atoms with Crippen LogP contribution in [0.3, 0.4) is 0 Å². The lowest BCUT2D eigenvalue weighted by Gasteiger charge is -2.11. The molecule has 0 aromatic carbocycles. The Balaban J connectivity index is 2.34. The largest absolute Gasteiger partial charge is 0.455 e. The molecule has 1 N–H and O–H groups in total. The summed E-state index contributed by atoms with van der Waals surface area (Å²) in [4.78, 5) is 4.25. The molecule has 2 aliphatic heterocycles. The first-order chi connectivity index (χ1) is 5.67. The van der Waals surface area contributed by atoms with E-state index < -0.39 is 0 Å². The molecule has 0 saturated carbocycles. The van der Waals surface area contributed by atoms with E-state index in [2.05, 4.69) is 30.2 Å². The number of hydrogen-bond donors (Lipinski definition) is 1. The molecule has 0 radical (unpaired) electrons. The maximum absolute atomic E-state index is 5.25. The van der Waals surface area contributed by atoms with E-state index in [4.69, 9.17) is 4.74 Å². The summed E-state index contributed by atoms with van der Waals surface area (Å²) in [6, 6.07) is 0. The lowest BCUT2D eigenvalue weighted by Crippen LogP contribution is -2.10. The van der Waals surface area contributed by atoms with Crippen LogP contribution in [-0.2, 0) is 4.74 Å². The Morgan fingerprint density at radius 3 is 3.25 bits per heavy atom. The molecule has 0 atom stereocenters. The van der Waals surface area contributed by atoms with Gasteiger partial charge in [-0.15, -0.1) is 0 Å². The van der Waals surface area contributed by atoms with Gasteiger partial charge in [0.05, 0.1) is 5.70 Å². The maximum atomic E-state index is 5.25. The Bertz CT molecular complexity index is 261. The fourth-order valence-corrected chi connectivity index (χ4v) is 1.14. The molecule has 2 aliphatic rings. The zero-order chi connectivity index (χ0) is 8.60. The van der Waals surface area contributed by atoms with Crippen LogP contribution in [0.5, 0.6) is 0 Å². The Kier molecular flexibility index (Phi) is 1.46. The van der Waals surface area contributed by atoms with Gasteiger partial charge < -0.3 is 10.1 Å². The van der Waals surface area contributed by atoms with Crippen molar-refractivity contribution in [1.29, 1.82) is 0 Å². The van der Waals surface area contributed by atoms with Crippen LogP contribution in [-0.4, -0.2) is 12.9 Å². The van der Waals surface area contributed by atoms with Crippen LogP contribution in [0, 0.1) is 5.41 Å². The van der Waals surface area contributed by atoms with Crippen molar-refractivity contribution < 1.29 is 4.74 Å². The Morgan fingerprint density at radius 2 is 2.42 bits per heavy atom. The van der Waals surface area contributed by atoms with E-state index in [0.717, 1.165) is 5.70 Å². The summed E-state index contributed by atoms with van der Waals surface area (Å²) < 4.78 is 5.25. The molecule has 64 valence electrons. The van der Waals surface area contributed by atoms with Crippen LogP contribution in [0.2, 0.25) is 0 Å². The second kappa shape index (κ2) is 2.37. The highest BCUT2D eigenvalue weighted by Gasteiger charge is 2.18. The van der Waals surface area contributed by atoms with Crippen molar-refractivity contribution in [2.24, 2.45) is 10.4 Å². The molecule has 12 heavy (non-hydrogen) atoms. The zero-order valence-electron chi connectivity index (χ0n) is 7.29. The van der Waals surface area contributed by atoms with Crippen molar-refractivity contribution >= 4 is 6.21 Å². The van der Waals surface area contributed by atoms with Crippen molar-refractivity contribution in [1.82, 2.24) is 5.32 Å². The van der Waals surface area contributed by atoms with Crippen molar-refractivity contribution in [2.45, 2.75) is 13.8 Å². The number of aliphatic imine (C=N–C) groups is 1. The molecule has 0 amide bonds. The van der Waals surface area contributed by atoms with E-state index in [9.17, 15) is 0 Å². The third-order valence-corrected chi connectivity index (χ3v) is 1.90. The standard InChI is InChI=1S/C9H12N2O/c1-9(2)4-3-7-8(10-5-9)12-6-11-7/h3-5,11H,6H2,1-2H3. The zero-order valence-corrected chi connectivity index (χ0v) is 7.29. The van der Waals surface area contributed by atoms with Crippen molar-refractivity contribution in [3.63, 3.8) is 0 Å². The molecule has 3 heteroatoms. The molecule has 0 bridgehead atoms. The van der Waals surface area contributed by atoms with E-state index in [1.54, 1.807) is 0 Å². The molecule has 2 rings (SSSR count). The summed E-state index contributed by atoms with van der Waals surface area (Å²) in [5.41, 5.74) is 1.01. The third kappa shape index (κ3) is 1.22. The second-order valence-electron chi connectivity index (χ2n) is 3.60. The van der Waals surface area contributed by atoms with Gasteiger partial charge in [-0.3, -0.25) is 0 Å². The van der Waals surface area contributed by atoms with Crippen LogP contribution in [0.25, 0.3) is 0 Å². The molecule has 2 heterocycles. The predicted octanol–water partition coefficient (Wildman–Crippen LogP) is 1.40. The second-order valence-corrected chi connectivity index (χ2v) is 3.60. The Morgan fingerprint density at radius 1 is 1.58 bits per heavy atom. The summed E-state index contributed by atoms with van der Waals surface area (Å²) in [7, 11) is 0. The molecule has 0 aliphatic carbocycles. The summed E-state index contributed by atoms with van der Waals surface area (Å²) in [6.07, 6.45) is 6.04. The lowest BCUT2D eigenvalue weighted by atomic mass is 9.95. The van der Waals surface area contributed by atoms with E-state index in [1.807, 2.05) is 12.3 Å². The molecular weight excluding hydrogens is 152 g/mol. The van der Waals surface area contributed by atoms with Gasteiger partial charge in [0.2, 0.25) is 5.88 Å². The van der Waals surface area contributed by atoms with Crippen molar-refractivity contribution in [3.8, 4) is 0 Å². The maximum Gasteiger partial charge on any atom is 0.238 e. The van der Waals surface area contributed by atoms with E-state index in [1.165, 1.54) is 0 Å². The van der Waals surface area contributed by atoms with Crippen LogP contribution in [0.4, 0.5) is 0 Å². The minimum atomic E-state index is 0.0232. The fourth-order valence-electron chi connectivity index (χ4n) is 1.14. The molecule has 0 spiro atoms. The molecule has 0 aromatic rings. The minimum absolute atomic E-state index is 0.0232. The molecule has 3 nitrogen and oxygen atoms in total. The number of hydrogen-bond acceptors (Lipinski definition) is 3. The third-order valence-electron chi connectivity index (χ3n) is 1.90. The first-order valence-corrected chi connectivity index (χ1v) is 4.03. The van der Waals surface area contributed by atoms with Gasteiger partial charge in [0, 0.05) is 11.6 Å². The predicted molar refractivity (Wildman–Crippen MR) is 47.5 cm³/mol. The topological polar surface area (TPSA) is 33.6 Å². The van der Waals surface area contributed by atoms with Gasteiger partial charge in [0.25, 0.3) is 0 Å². The number of allylic oxidation sites excluding steroid dienone is 2. The van der Waals surface area contributed by atoms with Crippen LogP contribution in [0.1, 0.15) is 13.8 Å². The average Bonchev–Trinajstić information content (AvgIpc) is 2.40. The van der Waals surface area contributed by atoms with Gasteiger partial charge in [0.15, 0.2) is 6.73 Å². The summed E-state index contributed by atoms with van der Waals surface area (Å²) in [5.74, 6) is 0.705. The number of nitrogens with zero attached hydrogens (tertiary/aromatic N) is 1. The number of ether oxygens (including phenoxy) is 1. The van der Waals surface area contributed by atoms with Gasteiger partial charge >= 0.3 is 0 Å². The smallest absolute Gasteiger partial charge is 0.238 e. The fraction of sp³-hybridized carbons (Fsp3) is 0.444. The van der Waals surface area contributed by atoms with E-state index in [-0.39, 0.29) is 5.41 Å². The van der Waals surface area contributed by atoms with Gasteiger partial charge in [-0.1, -0.05) is 19.9 Å². The summed E-state index contributed by atoms with van der Waals surface area (Å²) in [6.45, 7) is 4.75. The van der Waals surface area contributed by atoms with Gasteiger partial charge in [-0.25, -0.2) is 4.99 Å². The highest BCUT2D eigenvalue weighted by Crippen LogP contribution is 2.22. The van der Waals surface area contributed by atoms with Crippen molar-refractivity contribution in [3.05, 3.63) is 23.7 Å². The number of rotatable bonds is 0. The van der Waals surface area contributed by atoms with Crippen LogP contribution >= 0.6 is 0 Å². The van der Waals surface area contributed by atoms with Gasteiger partial charge in [-0.2, -0.15) is 0 Å². The minimum Gasteiger partial charge on any atom is -0.455 e. The molecule has 0 saturated heterocycles. The molecular formula is C9H12N2O. The SMILES string of the molecule is CC1(C)C=CC2=C(N=C1)OCN2. The van der Waals surface area contributed by atoms with Crippen LogP contribution < -0.4 is 5.32 Å². The van der Waals surface area contributed by atoms with Crippen LogP contribution in [0.15, 0.2) is 28.7 Å². The van der Waals surface area contributed by atoms with E-state index >= 15 is 0 Å².